The number of nitrogens with two attached hydrogens (primary N) is 1. The molecule has 2 N–H and O–H groups in total. The molecule has 1 aromatic carbocycles. The maximum atomic E-state index is 11.2. The van der Waals surface area contributed by atoms with E-state index in [2.05, 4.69) is 0 Å². The van der Waals surface area contributed by atoms with Crippen LogP contribution in [0.4, 0.5) is 5.69 Å². The predicted octanol–water partition coefficient (Wildman–Crippen LogP) is 0.837. The third-order valence-electron chi connectivity index (χ3n) is 1.82. The molecule has 16 heavy (non-hydrogen) atoms. The number of rotatable bonds is 6. The fourth-order valence-corrected chi connectivity index (χ4v) is 1.03. The molecule has 5 nitrogen and oxygen atoms in total. The molecule has 88 valence electrons. The SMILES string of the molecule is COCCOC(=O)COc1ccccc1N. The van der Waals surface area contributed by atoms with Crippen LogP contribution in [0.3, 0.4) is 0 Å². The summed E-state index contributed by atoms with van der Waals surface area (Å²) in [4.78, 5) is 11.2. The number of ether oxygens (including phenoxy) is 3. The fraction of sp³-hybridized carbons (Fsp3) is 0.364. The lowest BCUT2D eigenvalue weighted by Crippen LogP contribution is -2.17. The lowest BCUT2D eigenvalue weighted by atomic mass is 10.3. The van der Waals surface area contributed by atoms with Gasteiger partial charge in [0.25, 0.3) is 0 Å². The Labute approximate surface area is 94.1 Å². The molecule has 0 aliphatic heterocycles. The molecular weight excluding hydrogens is 210 g/mol. The zero-order valence-corrected chi connectivity index (χ0v) is 9.14. The monoisotopic (exact) mass is 225 g/mol. The van der Waals surface area contributed by atoms with Crippen molar-refractivity contribution >= 4 is 11.7 Å². The number of hydrogen-bond acceptors (Lipinski definition) is 5. The summed E-state index contributed by atoms with van der Waals surface area (Å²) in [5, 5.41) is 0. The smallest absolute Gasteiger partial charge is 0.344 e. The lowest BCUT2D eigenvalue weighted by molar-refractivity contribution is -0.147. The standard InChI is InChI=1S/C11H15NO4/c1-14-6-7-15-11(13)8-16-10-5-3-2-4-9(10)12/h2-5H,6-8,12H2,1H3. The van der Waals surface area contributed by atoms with Gasteiger partial charge in [0.1, 0.15) is 12.4 Å². The normalized spacial score (nSPS) is 9.81. The summed E-state index contributed by atoms with van der Waals surface area (Å²) in [6.07, 6.45) is 0. The first-order valence-corrected chi connectivity index (χ1v) is 4.86. The van der Waals surface area contributed by atoms with E-state index in [0.717, 1.165) is 0 Å². The summed E-state index contributed by atoms with van der Waals surface area (Å²) in [6.45, 7) is 0.445. The largest absolute Gasteiger partial charge is 0.480 e. The third kappa shape index (κ3) is 4.18. The van der Waals surface area contributed by atoms with Gasteiger partial charge in [-0.05, 0) is 12.1 Å². The zero-order valence-electron chi connectivity index (χ0n) is 9.14. The van der Waals surface area contributed by atoms with Crippen molar-refractivity contribution < 1.29 is 19.0 Å². The molecular formula is C11H15NO4. The number of para-hydroxylation sites is 2. The maximum absolute atomic E-state index is 11.2. The minimum Gasteiger partial charge on any atom is -0.480 e. The summed E-state index contributed by atoms with van der Waals surface area (Å²) < 4.78 is 14.7. The highest BCUT2D eigenvalue weighted by Crippen LogP contribution is 2.19. The highest BCUT2D eigenvalue weighted by atomic mass is 16.6. The molecule has 0 saturated carbocycles. The predicted molar refractivity (Wildman–Crippen MR) is 59.2 cm³/mol. The zero-order chi connectivity index (χ0) is 11.8. The molecule has 0 unspecified atom stereocenters. The van der Waals surface area contributed by atoms with Crippen LogP contribution in [-0.4, -0.2) is 32.9 Å². The highest BCUT2D eigenvalue weighted by molar-refractivity contribution is 5.71. The van der Waals surface area contributed by atoms with Crippen LogP contribution in [0, 0.1) is 0 Å². The minimum absolute atomic E-state index is 0.155. The summed E-state index contributed by atoms with van der Waals surface area (Å²) >= 11 is 0. The molecule has 0 fully saturated rings. The van der Waals surface area contributed by atoms with Gasteiger partial charge in [-0.3, -0.25) is 0 Å². The van der Waals surface area contributed by atoms with E-state index in [1.54, 1.807) is 24.3 Å². The molecule has 0 saturated heterocycles. The Bertz CT molecular complexity index is 341. The van der Waals surface area contributed by atoms with Crippen molar-refractivity contribution in [2.45, 2.75) is 0 Å². The summed E-state index contributed by atoms with van der Waals surface area (Å²) in [5.74, 6) is 0.0338. The van der Waals surface area contributed by atoms with Crippen molar-refractivity contribution in [1.29, 1.82) is 0 Å². The Hall–Kier alpha value is -1.75. The molecule has 0 spiro atoms. The van der Waals surface area contributed by atoms with Crippen LogP contribution in [0.25, 0.3) is 0 Å². The summed E-state index contributed by atoms with van der Waals surface area (Å²) in [5.41, 5.74) is 6.12. The quantitative estimate of drug-likeness (QED) is 0.441. The average molecular weight is 225 g/mol. The number of benzene rings is 1. The van der Waals surface area contributed by atoms with E-state index in [1.807, 2.05) is 0 Å². The minimum atomic E-state index is -0.444. The third-order valence-corrected chi connectivity index (χ3v) is 1.82. The number of carbonyl (C=O) groups excluding carboxylic acids is 1. The first-order chi connectivity index (χ1) is 7.74. The molecule has 0 heterocycles. The van der Waals surface area contributed by atoms with Gasteiger partial charge in [-0.25, -0.2) is 4.79 Å². The van der Waals surface area contributed by atoms with E-state index >= 15 is 0 Å². The molecule has 0 aliphatic carbocycles. The molecule has 0 aliphatic rings. The average Bonchev–Trinajstić information content (AvgIpc) is 2.28. The van der Waals surface area contributed by atoms with Gasteiger partial charge in [-0.15, -0.1) is 0 Å². The number of esters is 1. The number of methoxy groups -OCH3 is 1. The molecule has 0 bridgehead atoms. The van der Waals surface area contributed by atoms with Crippen molar-refractivity contribution in [2.24, 2.45) is 0 Å². The molecule has 0 atom stereocenters. The van der Waals surface area contributed by atoms with Gasteiger partial charge in [-0.2, -0.15) is 0 Å². The molecule has 1 rings (SSSR count). The van der Waals surface area contributed by atoms with Gasteiger partial charge in [0.2, 0.25) is 0 Å². The fourth-order valence-electron chi connectivity index (χ4n) is 1.03. The van der Waals surface area contributed by atoms with Crippen molar-refractivity contribution in [3.05, 3.63) is 24.3 Å². The topological polar surface area (TPSA) is 70.8 Å². The Kier molecular flexibility index (Phi) is 5.15. The van der Waals surface area contributed by atoms with E-state index in [9.17, 15) is 4.79 Å². The molecule has 0 aromatic heterocycles. The van der Waals surface area contributed by atoms with Gasteiger partial charge in [-0.1, -0.05) is 12.1 Å². The van der Waals surface area contributed by atoms with Crippen LogP contribution in [0.5, 0.6) is 5.75 Å². The Balaban J connectivity index is 2.29. The van der Waals surface area contributed by atoms with Gasteiger partial charge in [0.15, 0.2) is 6.61 Å². The van der Waals surface area contributed by atoms with Crippen LogP contribution in [0.15, 0.2) is 24.3 Å². The number of nitrogen functional groups attached to an aromatic ring is 1. The Morgan fingerprint density at radius 3 is 2.75 bits per heavy atom. The number of anilines is 1. The van der Waals surface area contributed by atoms with Crippen LogP contribution in [0.2, 0.25) is 0 Å². The van der Waals surface area contributed by atoms with E-state index in [0.29, 0.717) is 18.0 Å². The second kappa shape index (κ2) is 6.68. The molecule has 5 heteroatoms. The van der Waals surface area contributed by atoms with Crippen LogP contribution in [-0.2, 0) is 14.3 Å². The summed E-state index contributed by atoms with van der Waals surface area (Å²) in [7, 11) is 1.54. The first kappa shape index (κ1) is 12.3. The summed E-state index contributed by atoms with van der Waals surface area (Å²) in [6, 6.07) is 6.96. The second-order valence-electron chi connectivity index (χ2n) is 3.04. The Morgan fingerprint density at radius 2 is 2.06 bits per heavy atom. The van der Waals surface area contributed by atoms with Gasteiger partial charge >= 0.3 is 5.97 Å². The first-order valence-electron chi connectivity index (χ1n) is 4.86. The molecule has 1 aromatic rings. The van der Waals surface area contributed by atoms with E-state index in [4.69, 9.17) is 19.9 Å². The second-order valence-corrected chi connectivity index (χ2v) is 3.04. The highest BCUT2D eigenvalue weighted by Gasteiger charge is 2.05. The van der Waals surface area contributed by atoms with E-state index in [-0.39, 0.29) is 13.2 Å². The number of carbonyl (C=O) groups is 1. The maximum Gasteiger partial charge on any atom is 0.344 e. The number of hydrogen-bond donors (Lipinski definition) is 1. The van der Waals surface area contributed by atoms with Crippen LogP contribution >= 0.6 is 0 Å². The van der Waals surface area contributed by atoms with Gasteiger partial charge in [0, 0.05) is 7.11 Å². The molecule has 0 amide bonds. The van der Waals surface area contributed by atoms with Crippen LogP contribution in [0.1, 0.15) is 0 Å². The van der Waals surface area contributed by atoms with E-state index in [1.165, 1.54) is 7.11 Å². The van der Waals surface area contributed by atoms with Crippen molar-refractivity contribution in [1.82, 2.24) is 0 Å². The van der Waals surface area contributed by atoms with Crippen molar-refractivity contribution in [3.8, 4) is 5.75 Å². The van der Waals surface area contributed by atoms with Gasteiger partial charge in [0.05, 0.1) is 12.3 Å². The Morgan fingerprint density at radius 1 is 1.31 bits per heavy atom. The van der Waals surface area contributed by atoms with Gasteiger partial charge < -0.3 is 19.9 Å². The lowest BCUT2D eigenvalue weighted by Gasteiger charge is -2.08. The van der Waals surface area contributed by atoms with E-state index < -0.39 is 5.97 Å². The van der Waals surface area contributed by atoms with Crippen molar-refractivity contribution in [2.75, 3.05) is 32.7 Å². The van der Waals surface area contributed by atoms with Crippen molar-refractivity contribution in [3.63, 3.8) is 0 Å². The van der Waals surface area contributed by atoms with Crippen LogP contribution < -0.4 is 10.5 Å². The molecule has 0 radical (unpaired) electrons.